The first-order chi connectivity index (χ1) is 9.11. The topological polar surface area (TPSA) is 65.1 Å². The van der Waals surface area contributed by atoms with E-state index < -0.39 is 0 Å². The molecule has 102 valence electrons. The lowest BCUT2D eigenvalue weighted by Gasteiger charge is -2.05. The van der Waals surface area contributed by atoms with Gasteiger partial charge in [-0.15, -0.1) is 0 Å². The zero-order valence-electron chi connectivity index (χ0n) is 11.4. The summed E-state index contributed by atoms with van der Waals surface area (Å²) in [6, 6.07) is 5.37. The number of hydrogen-bond acceptors (Lipinski definition) is 2. The van der Waals surface area contributed by atoms with Gasteiger partial charge in [0.2, 0.25) is 5.91 Å². The summed E-state index contributed by atoms with van der Waals surface area (Å²) in [5, 5.41) is 13.5. The molecule has 0 saturated carbocycles. The molecule has 0 fully saturated rings. The van der Waals surface area contributed by atoms with Crippen molar-refractivity contribution in [3.05, 3.63) is 29.5 Å². The summed E-state index contributed by atoms with van der Waals surface area (Å²) in [6.07, 6.45) is 2.81. The number of benzene rings is 1. The summed E-state index contributed by atoms with van der Waals surface area (Å²) in [6.45, 7) is 4.28. The molecule has 0 atom stereocenters. The van der Waals surface area contributed by atoms with E-state index in [0.717, 1.165) is 30.2 Å². The fraction of sp³-hybridized carbons (Fsp3) is 0.400. The van der Waals surface area contributed by atoms with Gasteiger partial charge in [-0.3, -0.25) is 4.79 Å². The van der Waals surface area contributed by atoms with Gasteiger partial charge >= 0.3 is 0 Å². The van der Waals surface area contributed by atoms with Crippen molar-refractivity contribution < 1.29 is 9.90 Å². The number of amides is 1. The van der Waals surface area contributed by atoms with Crippen molar-refractivity contribution in [2.75, 3.05) is 6.54 Å². The van der Waals surface area contributed by atoms with Crippen LogP contribution in [0.1, 0.15) is 31.5 Å². The van der Waals surface area contributed by atoms with Crippen molar-refractivity contribution in [2.45, 2.75) is 33.1 Å². The van der Waals surface area contributed by atoms with Crippen LogP contribution in [0.25, 0.3) is 10.9 Å². The molecule has 4 nitrogen and oxygen atoms in total. The Hall–Kier alpha value is -1.97. The van der Waals surface area contributed by atoms with E-state index in [9.17, 15) is 9.90 Å². The molecule has 0 radical (unpaired) electrons. The number of carbonyl (C=O) groups is 1. The second-order valence-electron chi connectivity index (χ2n) is 4.79. The number of aryl methyl sites for hydroxylation is 1. The standard InChI is InChI=1S/C15H20N2O2/c1-3-4-14-12(7-8-16-10(2)18)13-9-11(19)5-6-15(13)17-14/h5-6,9,17,19H,3-4,7-8H2,1-2H3,(H,16,18). The van der Waals surface area contributed by atoms with Crippen LogP contribution in [0, 0.1) is 0 Å². The zero-order chi connectivity index (χ0) is 13.8. The van der Waals surface area contributed by atoms with E-state index in [1.165, 1.54) is 18.2 Å². The molecule has 0 aliphatic carbocycles. The highest BCUT2D eigenvalue weighted by atomic mass is 16.3. The zero-order valence-corrected chi connectivity index (χ0v) is 11.4. The third-order valence-electron chi connectivity index (χ3n) is 3.23. The number of carbonyl (C=O) groups excluding carboxylic acids is 1. The summed E-state index contributed by atoms with van der Waals surface area (Å²) in [4.78, 5) is 14.3. The van der Waals surface area contributed by atoms with Crippen molar-refractivity contribution in [1.82, 2.24) is 10.3 Å². The first-order valence-electron chi connectivity index (χ1n) is 6.68. The molecule has 19 heavy (non-hydrogen) atoms. The van der Waals surface area contributed by atoms with E-state index in [1.54, 1.807) is 12.1 Å². The van der Waals surface area contributed by atoms with E-state index in [0.29, 0.717) is 6.54 Å². The van der Waals surface area contributed by atoms with Crippen LogP contribution in [-0.4, -0.2) is 22.5 Å². The van der Waals surface area contributed by atoms with Crippen LogP contribution in [0.4, 0.5) is 0 Å². The predicted octanol–water partition coefficient (Wildman–Crippen LogP) is 2.50. The average Bonchev–Trinajstić information content (AvgIpc) is 2.67. The lowest BCUT2D eigenvalue weighted by atomic mass is 10.0. The van der Waals surface area contributed by atoms with Crippen molar-refractivity contribution in [3.8, 4) is 5.75 Å². The quantitative estimate of drug-likeness (QED) is 0.773. The van der Waals surface area contributed by atoms with Gasteiger partial charge < -0.3 is 15.4 Å². The fourth-order valence-electron chi connectivity index (χ4n) is 2.40. The Morgan fingerprint density at radius 1 is 1.37 bits per heavy atom. The Labute approximate surface area is 112 Å². The van der Waals surface area contributed by atoms with Crippen molar-refractivity contribution >= 4 is 16.8 Å². The number of aromatic nitrogens is 1. The fourth-order valence-corrected chi connectivity index (χ4v) is 2.40. The Morgan fingerprint density at radius 2 is 2.16 bits per heavy atom. The minimum Gasteiger partial charge on any atom is -0.508 e. The molecule has 0 unspecified atom stereocenters. The molecular weight excluding hydrogens is 240 g/mol. The minimum absolute atomic E-state index is 0.0141. The molecule has 0 aliphatic rings. The van der Waals surface area contributed by atoms with Crippen LogP contribution in [0.5, 0.6) is 5.75 Å². The molecule has 1 aromatic heterocycles. The number of nitrogens with one attached hydrogen (secondary N) is 2. The maximum Gasteiger partial charge on any atom is 0.216 e. The number of phenols is 1. The molecule has 2 rings (SSSR count). The van der Waals surface area contributed by atoms with Crippen LogP contribution >= 0.6 is 0 Å². The number of H-pyrrole nitrogens is 1. The molecule has 4 heteroatoms. The Kier molecular flexibility index (Phi) is 4.10. The highest BCUT2D eigenvalue weighted by molar-refractivity contribution is 5.86. The number of aromatic hydroxyl groups is 1. The van der Waals surface area contributed by atoms with Gasteiger partial charge in [0.1, 0.15) is 5.75 Å². The van der Waals surface area contributed by atoms with Crippen molar-refractivity contribution in [2.24, 2.45) is 0 Å². The molecule has 2 aromatic rings. The molecule has 0 aliphatic heterocycles. The summed E-state index contributed by atoms with van der Waals surface area (Å²) >= 11 is 0. The number of fused-ring (bicyclic) bond motifs is 1. The van der Waals surface area contributed by atoms with Gasteiger partial charge in [-0.1, -0.05) is 13.3 Å². The Morgan fingerprint density at radius 3 is 2.84 bits per heavy atom. The smallest absolute Gasteiger partial charge is 0.216 e. The molecule has 1 heterocycles. The molecule has 1 aromatic carbocycles. The second kappa shape index (κ2) is 5.78. The molecule has 0 saturated heterocycles. The molecule has 0 spiro atoms. The predicted molar refractivity (Wildman–Crippen MR) is 76.3 cm³/mol. The lowest BCUT2D eigenvalue weighted by molar-refractivity contribution is -0.118. The molecular formula is C15H20N2O2. The highest BCUT2D eigenvalue weighted by Crippen LogP contribution is 2.27. The molecule has 0 bridgehead atoms. The van der Waals surface area contributed by atoms with E-state index in [1.807, 2.05) is 6.07 Å². The molecule has 1 amide bonds. The van der Waals surface area contributed by atoms with E-state index in [2.05, 4.69) is 17.2 Å². The Bertz CT molecular complexity index is 587. The summed E-state index contributed by atoms with van der Waals surface area (Å²) in [5.41, 5.74) is 3.44. The van der Waals surface area contributed by atoms with E-state index >= 15 is 0 Å². The van der Waals surface area contributed by atoms with Gasteiger partial charge in [0.15, 0.2) is 0 Å². The summed E-state index contributed by atoms with van der Waals surface area (Å²) in [5.74, 6) is 0.259. The first kappa shape index (κ1) is 13.5. The number of hydrogen-bond donors (Lipinski definition) is 3. The van der Waals surface area contributed by atoms with Gasteiger partial charge in [0.25, 0.3) is 0 Å². The van der Waals surface area contributed by atoms with Crippen molar-refractivity contribution in [1.29, 1.82) is 0 Å². The van der Waals surface area contributed by atoms with Gasteiger partial charge in [-0.25, -0.2) is 0 Å². The Balaban J connectivity index is 2.33. The number of rotatable bonds is 5. The lowest BCUT2D eigenvalue weighted by Crippen LogP contribution is -2.22. The third-order valence-corrected chi connectivity index (χ3v) is 3.23. The van der Waals surface area contributed by atoms with E-state index in [4.69, 9.17) is 0 Å². The van der Waals surface area contributed by atoms with Gasteiger partial charge in [-0.2, -0.15) is 0 Å². The normalized spacial score (nSPS) is 10.8. The SMILES string of the molecule is CCCc1[nH]c2ccc(O)cc2c1CCNC(C)=O. The molecule has 3 N–H and O–H groups in total. The maximum absolute atomic E-state index is 10.9. The van der Waals surface area contributed by atoms with Crippen LogP contribution < -0.4 is 5.32 Å². The second-order valence-corrected chi connectivity index (χ2v) is 4.79. The van der Waals surface area contributed by atoms with Crippen LogP contribution in [-0.2, 0) is 17.6 Å². The van der Waals surface area contributed by atoms with Crippen molar-refractivity contribution in [3.63, 3.8) is 0 Å². The van der Waals surface area contributed by atoms with Gasteiger partial charge in [0, 0.05) is 30.1 Å². The minimum atomic E-state index is -0.0141. The van der Waals surface area contributed by atoms with Gasteiger partial charge in [-0.05, 0) is 36.6 Å². The largest absolute Gasteiger partial charge is 0.508 e. The monoisotopic (exact) mass is 260 g/mol. The third kappa shape index (κ3) is 3.08. The summed E-state index contributed by atoms with van der Waals surface area (Å²) in [7, 11) is 0. The maximum atomic E-state index is 10.9. The number of phenolic OH excluding ortho intramolecular Hbond substituents is 1. The van der Waals surface area contributed by atoms with Crippen LogP contribution in [0.2, 0.25) is 0 Å². The number of aromatic amines is 1. The first-order valence-corrected chi connectivity index (χ1v) is 6.68. The van der Waals surface area contributed by atoms with Crippen LogP contribution in [0.3, 0.4) is 0 Å². The van der Waals surface area contributed by atoms with Crippen LogP contribution in [0.15, 0.2) is 18.2 Å². The average molecular weight is 260 g/mol. The highest BCUT2D eigenvalue weighted by Gasteiger charge is 2.11. The summed E-state index contributed by atoms with van der Waals surface area (Å²) < 4.78 is 0. The van der Waals surface area contributed by atoms with E-state index in [-0.39, 0.29) is 11.7 Å². The van der Waals surface area contributed by atoms with Gasteiger partial charge in [0.05, 0.1) is 0 Å².